The molecule has 1 heterocycles. The third-order valence-electron chi connectivity index (χ3n) is 4.07. The Bertz CT molecular complexity index is 561. The Kier molecular flexibility index (Phi) is 4.91. The van der Waals surface area contributed by atoms with Gasteiger partial charge >= 0.3 is 0 Å². The normalized spacial score (nSPS) is 18.0. The van der Waals surface area contributed by atoms with Gasteiger partial charge in [-0.25, -0.2) is 0 Å². The summed E-state index contributed by atoms with van der Waals surface area (Å²) in [7, 11) is 1.60. The van der Waals surface area contributed by atoms with Crippen molar-refractivity contribution in [3.8, 4) is 11.5 Å². The molecule has 0 fully saturated rings. The van der Waals surface area contributed by atoms with Crippen LogP contribution in [0.25, 0.3) is 0 Å². The Balaban J connectivity index is 2.47. The number of phenols is 1. The molecule has 116 valence electrons. The second-order valence-electron chi connectivity index (χ2n) is 5.55. The van der Waals surface area contributed by atoms with Gasteiger partial charge in [0.05, 0.1) is 19.3 Å². The van der Waals surface area contributed by atoms with E-state index < -0.39 is 6.29 Å². The first-order valence-corrected chi connectivity index (χ1v) is 7.37. The van der Waals surface area contributed by atoms with Gasteiger partial charge in [0.2, 0.25) is 0 Å². The maximum absolute atomic E-state index is 10.5. The van der Waals surface area contributed by atoms with Gasteiger partial charge in [0.15, 0.2) is 6.29 Å². The SMILES string of the molecule is CCC/C(C)=C/Cc1c(O)c2c(c(C)c1OC)COC2O. The van der Waals surface area contributed by atoms with E-state index in [2.05, 4.69) is 19.9 Å². The van der Waals surface area contributed by atoms with E-state index in [4.69, 9.17) is 9.47 Å². The molecule has 4 nitrogen and oxygen atoms in total. The van der Waals surface area contributed by atoms with Gasteiger partial charge in [0, 0.05) is 5.56 Å². The second kappa shape index (κ2) is 6.50. The van der Waals surface area contributed by atoms with Crippen LogP contribution >= 0.6 is 0 Å². The van der Waals surface area contributed by atoms with E-state index in [0.29, 0.717) is 29.9 Å². The molecule has 0 bridgehead atoms. The zero-order valence-corrected chi connectivity index (χ0v) is 13.2. The predicted octanol–water partition coefficient (Wildman–Crippen LogP) is 3.52. The number of rotatable bonds is 5. The van der Waals surface area contributed by atoms with Crippen LogP contribution in [-0.2, 0) is 17.8 Å². The Labute approximate surface area is 126 Å². The molecule has 21 heavy (non-hydrogen) atoms. The molecule has 0 saturated heterocycles. The molecule has 1 aliphatic rings. The number of allylic oxidation sites excluding steroid dienone is 2. The van der Waals surface area contributed by atoms with Gasteiger partial charge < -0.3 is 19.7 Å². The van der Waals surface area contributed by atoms with E-state index in [1.807, 2.05) is 6.92 Å². The molecule has 2 rings (SSSR count). The summed E-state index contributed by atoms with van der Waals surface area (Å²) < 4.78 is 10.7. The van der Waals surface area contributed by atoms with Gasteiger partial charge in [-0.1, -0.05) is 25.0 Å². The topological polar surface area (TPSA) is 58.9 Å². The van der Waals surface area contributed by atoms with Gasteiger partial charge in [-0.05, 0) is 37.8 Å². The number of phenolic OH excluding ortho intramolecular Hbond substituents is 1. The molecule has 1 aromatic rings. The fraction of sp³-hybridized carbons (Fsp3) is 0.529. The van der Waals surface area contributed by atoms with E-state index in [1.165, 1.54) is 5.57 Å². The highest BCUT2D eigenvalue weighted by atomic mass is 16.6. The lowest BCUT2D eigenvalue weighted by Crippen LogP contribution is -2.02. The summed E-state index contributed by atoms with van der Waals surface area (Å²) in [4.78, 5) is 0. The molecule has 0 aliphatic carbocycles. The lowest BCUT2D eigenvalue weighted by atomic mass is 9.94. The van der Waals surface area contributed by atoms with Gasteiger partial charge in [-0.3, -0.25) is 0 Å². The highest BCUT2D eigenvalue weighted by molar-refractivity contribution is 5.60. The van der Waals surface area contributed by atoms with Crippen LogP contribution in [0.1, 0.15) is 55.2 Å². The smallest absolute Gasteiger partial charge is 0.185 e. The number of benzene rings is 1. The van der Waals surface area contributed by atoms with Crippen LogP contribution in [0.2, 0.25) is 0 Å². The number of ether oxygens (including phenoxy) is 2. The zero-order valence-electron chi connectivity index (χ0n) is 13.2. The van der Waals surface area contributed by atoms with Crippen molar-refractivity contribution in [2.24, 2.45) is 0 Å². The lowest BCUT2D eigenvalue weighted by molar-refractivity contribution is -0.0926. The van der Waals surface area contributed by atoms with Gasteiger partial charge in [-0.15, -0.1) is 0 Å². The largest absolute Gasteiger partial charge is 0.507 e. The first kappa shape index (κ1) is 15.9. The van der Waals surface area contributed by atoms with Crippen LogP contribution in [0.3, 0.4) is 0 Å². The highest BCUT2D eigenvalue weighted by Gasteiger charge is 2.31. The number of aliphatic hydroxyl groups is 1. The minimum Gasteiger partial charge on any atom is -0.507 e. The standard InChI is InChI=1S/C17H24O4/c1-5-6-10(2)7-8-12-15(18)14-13(9-21-17(14)19)11(3)16(12)20-4/h7,17-19H,5-6,8-9H2,1-4H3/b10-7+. The maximum atomic E-state index is 10.5. The van der Waals surface area contributed by atoms with Crippen molar-refractivity contribution in [1.82, 2.24) is 0 Å². The van der Waals surface area contributed by atoms with E-state index >= 15 is 0 Å². The third-order valence-corrected chi connectivity index (χ3v) is 4.07. The molecule has 0 spiro atoms. The van der Waals surface area contributed by atoms with E-state index in [1.54, 1.807) is 7.11 Å². The van der Waals surface area contributed by atoms with Crippen LogP contribution in [0, 0.1) is 6.92 Å². The molecular formula is C17H24O4. The minimum atomic E-state index is -1.05. The number of hydrogen-bond acceptors (Lipinski definition) is 4. The summed E-state index contributed by atoms with van der Waals surface area (Å²) in [6, 6.07) is 0. The van der Waals surface area contributed by atoms with Crippen molar-refractivity contribution >= 4 is 0 Å². The molecule has 0 saturated carbocycles. The van der Waals surface area contributed by atoms with Crippen molar-refractivity contribution in [3.63, 3.8) is 0 Å². The summed E-state index contributed by atoms with van der Waals surface area (Å²) in [6.45, 7) is 6.47. The van der Waals surface area contributed by atoms with Crippen LogP contribution < -0.4 is 4.74 Å². The predicted molar refractivity (Wildman–Crippen MR) is 81.5 cm³/mol. The van der Waals surface area contributed by atoms with Crippen molar-refractivity contribution in [2.75, 3.05) is 7.11 Å². The Morgan fingerprint density at radius 3 is 2.81 bits per heavy atom. The Morgan fingerprint density at radius 2 is 2.19 bits per heavy atom. The number of fused-ring (bicyclic) bond motifs is 1. The molecule has 0 aromatic heterocycles. The molecule has 2 N–H and O–H groups in total. The highest BCUT2D eigenvalue weighted by Crippen LogP contribution is 2.45. The van der Waals surface area contributed by atoms with E-state index in [-0.39, 0.29) is 5.75 Å². The van der Waals surface area contributed by atoms with Gasteiger partial charge in [0.1, 0.15) is 11.5 Å². The lowest BCUT2D eigenvalue weighted by Gasteiger charge is -2.17. The average Bonchev–Trinajstić information content (AvgIpc) is 2.84. The zero-order chi connectivity index (χ0) is 15.6. The fourth-order valence-electron chi connectivity index (χ4n) is 2.91. The average molecular weight is 292 g/mol. The Morgan fingerprint density at radius 1 is 1.48 bits per heavy atom. The fourth-order valence-corrected chi connectivity index (χ4v) is 2.91. The van der Waals surface area contributed by atoms with Crippen LogP contribution in [0.15, 0.2) is 11.6 Å². The van der Waals surface area contributed by atoms with Crippen LogP contribution in [-0.4, -0.2) is 17.3 Å². The molecule has 0 amide bonds. The minimum absolute atomic E-state index is 0.0954. The van der Waals surface area contributed by atoms with Crippen molar-refractivity contribution < 1.29 is 19.7 Å². The number of aromatic hydroxyl groups is 1. The molecule has 1 unspecified atom stereocenters. The van der Waals surface area contributed by atoms with E-state index in [9.17, 15) is 10.2 Å². The number of aliphatic hydroxyl groups excluding tert-OH is 1. The quantitative estimate of drug-likeness (QED) is 0.815. The number of hydrogen-bond donors (Lipinski definition) is 2. The van der Waals surface area contributed by atoms with Crippen molar-refractivity contribution in [3.05, 3.63) is 33.9 Å². The van der Waals surface area contributed by atoms with Gasteiger partial charge in [0.25, 0.3) is 0 Å². The molecule has 4 heteroatoms. The molecular weight excluding hydrogens is 268 g/mol. The van der Waals surface area contributed by atoms with Crippen molar-refractivity contribution in [2.45, 2.75) is 52.9 Å². The first-order chi connectivity index (χ1) is 10.0. The molecule has 0 radical (unpaired) electrons. The maximum Gasteiger partial charge on any atom is 0.185 e. The van der Waals surface area contributed by atoms with Crippen LogP contribution in [0.4, 0.5) is 0 Å². The summed E-state index contributed by atoms with van der Waals surface area (Å²) in [6.07, 6.45) is 3.78. The summed E-state index contributed by atoms with van der Waals surface area (Å²) >= 11 is 0. The van der Waals surface area contributed by atoms with Crippen molar-refractivity contribution in [1.29, 1.82) is 0 Å². The summed E-state index contributed by atoms with van der Waals surface area (Å²) in [5.41, 5.74) is 4.25. The van der Waals surface area contributed by atoms with Gasteiger partial charge in [-0.2, -0.15) is 0 Å². The van der Waals surface area contributed by atoms with E-state index in [0.717, 1.165) is 24.0 Å². The second-order valence-corrected chi connectivity index (χ2v) is 5.55. The summed E-state index contributed by atoms with van der Waals surface area (Å²) in [5.74, 6) is 0.780. The molecule has 1 aromatic carbocycles. The number of methoxy groups -OCH3 is 1. The molecule has 1 aliphatic heterocycles. The van der Waals surface area contributed by atoms with Crippen LogP contribution in [0.5, 0.6) is 11.5 Å². The Hall–Kier alpha value is -1.52. The monoisotopic (exact) mass is 292 g/mol. The third kappa shape index (κ3) is 2.92. The summed E-state index contributed by atoms with van der Waals surface area (Å²) in [5, 5.41) is 20.4. The molecule has 1 atom stereocenters. The first-order valence-electron chi connectivity index (χ1n) is 7.37.